The fourth-order valence-corrected chi connectivity index (χ4v) is 2.60. The molecular formula is C10H11ClO6S. The topological polar surface area (TPSA) is 101 Å². The quantitative estimate of drug-likeness (QED) is 0.854. The SMILES string of the molecule is COc1c(Cl)cc(C(O)C(=O)O)cc1S(C)(=O)=O. The monoisotopic (exact) mass is 294 g/mol. The third-order valence-electron chi connectivity index (χ3n) is 2.19. The molecule has 8 heteroatoms. The second-order valence-corrected chi connectivity index (χ2v) is 5.94. The Hall–Kier alpha value is -1.31. The van der Waals surface area contributed by atoms with Gasteiger partial charge in [-0.1, -0.05) is 11.6 Å². The molecule has 1 aromatic rings. The molecule has 18 heavy (non-hydrogen) atoms. The number of aliphatic carboxylic acids is 1. The standard InChI is InChI=1S/C10H11ClO6S/c1-17-9-6(11)3-5(8(12)10(13)14)4-7(9)18(2,15)16/h3-4,8,12H,1-2H3,(H,13,14). The molecule has 0 aliphatic rings. The fraction of sp³-hybridized carbons (Fsp3) is 0.300. The highest BCUT2D eigenvalue weighted by Crippen LogP contribution is 2.35. The lowest BCUT2D eigenvalue weighted by atomic mass is 10.1. The first kappa shape index (κ1) is 14.7. The Kier molecular flexibility index (Phi) is 4.20. The molecule has 0 aromatic heterocycles. The lowest BCUT2D eigenvalue weighted by molar-refractivity contribution is -0.146. The number of carboxylic acid groups (broad SMARTS) is 1. The van der Waals surface area contributed by atoms with Gasteiger partial charge in [0.15, 0.2) is 21.7 Å². The highest BCUT2D eigenvalue weighted by molar-refractivity contribution is 7.90. The van der Waals surface area contributed by atoms with Crippen molar-refractivity contribution in [2.45, 2.75) is 11.0 Å². The number of sulfone groups is 1. The molecule has 1 aromatic carbocycles. The number of carboxylic acids is 1. The van der Waals surface area contributed by atoms with Crippen molar-refractivity contribution in [3.8, 4) is 5.75 Å². The zero-order valence-corrected chi connectivity index (χ0v) is 11.1. The van der Waals surface area contributed by atoms with E-state index in [0.29, 0.717) is 0 Å². The maximum absolute atomic E-state index is 11.5. The summed E-state index contributed by atoms with van der Waals surface area (Å²) in [6.45, 7) is 0. The minimum absolute atomic E-state index is 0.0829. The molecule has 0 fully saturated rings. The van der Waals surface area contributed by atoms with Crippen molar-refractivity contribution >= 4 is 27.4 Å². The molecule has 100 valence electrons. The first-order chi connectivity index (χ1) is 8.18. The van der Waals surface area contributed by atoms with E-state index in [1.807, 2.05) is 0 Å². The summed E-state index contributed by atoms with van der Waals surface area (Å²) in [5, 5.41) is 18.0. The summed E-state index contributed by atoms with van der Waals surface area (Å²) in [5.41, 5.74) is -0.131. The molecule has 0 saturated heterocycles. The van der Waals surface area contributed by atoms with Gasteiger partial charge in [0.1, 0.15) is 4.90 Å². The first-order valence-electron chi connectivity index (χ1n) is 4.67. The lowest BCUT2D eigenvalue weighted by Gasteiger charge is -2.13. The van der Waals surface area contributed by atoms with Crippen LogP contribution in [0.5, 0.6) is 5.75 Å². The van der Waals surface area contributed by atoms with Gasteiger partial charge < -0.3 is 14.9 Å². The second kappa shape index (κ2) is 5.13. The minimum atomic E-state index is -3.66. The summed E-state index contributed by atoms with van der Waals surface area (Å²) in [4.78, 5) is 10.4. The van der Waals surface area contributed by atoms with Crippen molar-refractivity contribution in [3.05, 3.63) is 22.7 Å². The number of benzene rings is 1. The van der Waals surface area contributed by atoms with Crippen molar-refractivity contribution < 1.29 is 28.2 Å². The number of aliphatic hydroxyl groups excluding tert-OH is 1. The number of hydrogen-bond donors (Lipinski definition) is 2. The lowest BCUT2D eigenvalue weighted by Crippen LogP contribution is -2.12. The van der Waals surface area contributed by atoms with Gasteiger partial charge in [0, 0.05) is 6.26 Å². The molecule has 6 nitrogen and oxygen atoms in total. The smallest absolute Gasteiger partial charge is 0.337 e. The van der Waals surface area contributed by atoms with Gasteiger partial charge in [-0.15, -0.1) is 0 Å². The largest absolute Gasteiger partial charge is 0.494 e. The summed E-state index contributed by atoms with van der Waals surface area (Å²) in [5.74, 6) is -1.59. The van der Waals surface area contributed by atoms with Gasteiger partial charge in [0.05, 0.1) is 12.1 Å². The minimum Gasteiger partial charge on any atom is -0.494 e. The zero-order valence-electron chi connectivity index (χ0n) is 9.55. The third-order valence-corrected chi connectivity index (χ3v) is 3.57. The van der Waals surface area contributed by atoms with Gasteiger partial charge in [-0.05, 0) is 17.7 Å². The van der Waals surface area contributed by atoms with Crippen LogP contribution in [0.3, 0.4) is 0 Å². The normalized spacial score (nSPS) is 13.1. The van der Waals surface area contributed by atoms with E-state index in [4.69, 9.17) is 21.4 Å². The molecular weight excluding hydrogens is 284 g/mol. The third kappa shape index (κ3) is 2.92. The summed E-state index contributed by atoms with van der Waals surface area (Å²) in [6.07, 6.45) is -0.924. The maximum Gasteiger partial charge on any atom is 0.337 e. The summed E-state index contributed by atoms with van der Waals surface area (Å²) >= 11 is 5.80. The number of halogens is 1. The Morgan fingerprint density at radius 2 is 2.00 bits per heavy atom. The van der Waals surface area contributed by atoms with E-state index in [0.717, 1.165) is 18.4 Å². The molecule has 0 saturated carbocycles. The Balaban J connectivity index is 3.55. The molecule has 0 heterocycles. The van der Waals surface area contributed by atoms with Crippen LogP contribution in [0, 0.1) is 0 Å². The van der Waals surface area contributed by atoms with Gasteiger partial charge in [-0.3, -0.25) is 0 Å². The van der Waals surface area contributed by atoms with Gasteiger partial charge in [0.25, 0.3) is 0 Å². The fourth-order valence-electron chi connectivity index (χ4n) is 1.36. The van der Waals surface area contributed by atoms with Crippen LogP contribution in [-0.2, 0) is 14.6 Å². The molecule has 0 spiro atoms. The molecule has 0 aliphatic carbocycles. The molecule has 0 amide bonds. The highest BCUT2D eigenvalue weighted by Gasteiger charge is 2.23. The summed E-state index contributed by atoms with van der Waals surface area (Å²) < 4.78 is 27.9. The zero-order chi connectivity index (χ0) is 14.1. The number of aliphatic hydroxyl groups is 1. The van der Waals surface area contributed by atoms with E-state index in [1.165, 1.54) is 7.11 Å². The Morgan fingerprint density at radius 1 is 1.44 bits per heavy atom. The maximum atomic E-state index is 11.5. The summed E-state index contributed by atoms with van der Waals surface area (Å²) in [7, 11) is -2.42. The number of ether oxygens (including phenoxy) is 1. The number of hydrogen-bond acceptors (Lipinski definition) is 5. The van der Waals surface area contributed by atoms with Crippen LogP contribution in [0.25, 0.3) is 0 Å². The summed E-state index contributed by atoms with van der Waals surface area (Å²) in [6, 6.07) is 2.17. The van der Waals surface area contributed by atoms with Crippen LogP contribution in [0.15, 0.2) is 17.0 Å². The van der Waals surface area contributed by atoms with E-state index in [9.17, 15) is 18.3 Å². The van der Waals surface area contributed by atoms with Crippen molar-refractivity contribution in [1.82, 2.24) is 0 Å². The Bertz CT molecular complexity index is 580. The van der Waals surface area contributed by atoms with Crippen LogP contribution < -0.4 is 4.74 Å². The van der Waals surface area contributed by atoms with Crippen LogP contribution in [0.2, 0.25) is 5.02 Å². The number of methoxy groups -OCH3 is 1. The van der Waals surface area contributed by atoms with E-state index in [-0.39, 0.29) is 21.2 Å². The van der Waals surface area contributed by atoms with Gasteiger partial charge in [-0.25, -0.2) is 13.2 Å². The van der Waals surface area contributed by atoms with E-state index >= 15 is 0 Å². The molecule has 1 unspecified atom stereocenters. The first-order valence-corrected chi connectivity index (χ1v) is 6.93. The average Bonchev–Trinajstić information content (AvgIpc) is 2.25. The van der Waals surface area contributed by atoms with E-state index < -0.39 is 21.9 Å². The molecule has 0 radical (unpaired) electrons. The van der Waals surface area contributed by atoms with Gasteiger partial charge in [0.2, 0.25) is 0 Å². The highest BCUT2D eigenvalue weighted by atomic mass is 35.5. The van der Waals surface area contributed by atoms with Crippen LogP contribution in [0.4, 0.5) is 0 Å². The van der Waals surface area contributed by atoms with Crippen LogP contribution in [-0.4, -0.2) is 38.0 Å². The molecule has 0 aliphatic heterocycles. The van der Waals surface area contributed by atoms with Gasteiger partial charge >= 0.3 is 5.97 Å². The van der Waals surface area contributed by atoms with E-state index in [2.05, 4.69) is 0 Å². The van der Waals surface area contributed by atoms with E-state index in [1.54, 1.807) is 0 Å². The Labute approximate surface area is 109 Å². The predicted molar refractivity (Wildman–Crippen MR) is 63.7 cm³/mol. The number of carbonyl (C=O) groups is 1. The van der Waals surface area contributed by atoms with Gasteiger partial charge in [-0.2, -0.15) is 0 Å². The number of rotatable bonds is 4. The molecule has 0 bridgehead atoms. The molecule has 1 atom stereocenters. The van der Waals surface area contributed by atoms with Crippen molar-refractivity contribution in [2.75, 3.05) is 13.4 Å². The molecule has 1 rings (SSSR count). The average molecular weight is 295 g/mol. The predicted octanol–water partition coefficient (Wildman–Crippen LogP) is 0.870. The van der Waals surface area contributed by atoms with Crippen molar-refractivity contribution in [2.24, 2.45) is 0 Å². The Morgan fingerprint density at radius 3 is 2.39 bits per heavy atom. The second-order valence-electron chi connectivity index (χ2n) is 3.55. The van der Waals surface area contributed by atoms with Crippen molar-refractivity contribution in [1.29, 1.82) is 0 Å². The van der Waals surface area contributed by atoms with Crippen LogP contribution >= 0.6 is 11.6 Å². The van der Waals surface area contributed by atoms with Crippen LogP contribution in [0.1, 0.15) is 11.7 Å². The molecule has 2 N–H and O–H groups in total. The van der Waals surface area contributed by atoms with Crippen molar-refractivity contribution in [3.63, 3.8) is 0 Å².